The first-order valence-corrected chi connectivity index (χ1v) is 10.2. The monoisotopic (exact) mass is 449 g/mol. The van der Waals surface area contributed by atoms with Crippen molar-refractivity contribution in [2.24, 2.45) is 0 Å². The van der Waals surface area contributed by atoms with E-state index in [1.807, 2.05) is 36.4 Å². The van der Waals surface area contributed by atoms with Gasteiger partial charge < -0.3 is 5.32 Å². The molecule has 0 saturated carbocycles. The fraction of sp³-hybridized carbons (Fsp3) is 0.227. The zero-order valence-corrected chi connectivity index (χ0v) is 18.7. The first-order valence-electron chi connectivity index (χ1n) is 8.89. The van der Waals surface area contributed by atoms with Gasteiger partial charge in [-0.3, -0.25) is 4.79 Å². The Labute approximate surface area is 186 Å². The molecule has 3 aromatic rings. The summed E-state index contributed by atoms with van der Waals surface area (Å²) in [6, 6.07) is 14.8. The molecule has 2 aromatic heterocycles. The highest BCUT2D eigenvalue weighted by atomic mass is 35.5. The third-order valence-corrected chi connectivity index (χ3v) is 4.83. The summed E-state index contributed by atoms with van der Waals surface area (Å²) in [5.74, 6) is 0.227. The van der Waals surface area contributed by atoms with Crippen LogP contribution in [0.5, 0.6) is 0 Å². The topological polar surface area (TPSA) is 54.9 Å². The zero-order chi connectivity index (χ0) is 21.4. The Hall–Kier alpha value is -2.14. The van der Waals surface area contributed by atoms with E-state index in [4.69, 9.17) is 34.8 Å². The number of pyridine rings is 2. The van der Waals surface area contributed by atoms with E-state index >= 15 is 0 Å². The van der Waals surface area contributed by atoms with Crippen LogP contribution in [0.15, 0.2) is 60.9 Å². The highest BCUT2D eigenvalue weighted by Gasteiger charge is 2.13. The Balaban J connectivity index is 0.000000278. The lowest BCUT2D eigenvalue weighted by molar-refractivity contribution is 0.102. The maximum atomic E-state index is 12.0. The van der Waals surface area contributed by atoms with Crippen LogP contribution in [0.2, 0.25) is 10.3 Å². The summed E-state index contributed by atoms with van der Waals surface area (Å²) in [6.07, 6.45) is 3.10. The average molecular weight is 451 g/mol. The third kappa shape index (κ3) is 7.32. The molecule has 0 radical (unpaired) electrons. The van der Waals surface area contributed by atoms with Crippen molar-refractivity contribution in [3.05, 3.63) is 87.9 Å². The first kappa shape index (κ1) is 23.1. The van der Waals surface area contributed by atoms with Crippen molar-refractivity contribution in [3.8, 4) is 0 Å². The highest BCUT2D eigenvalue weighted by molar-refractivity contribution is 6.31. The number of anilines is 1. The maximum absolute atomic E-state index is 12.0. The molecule has 0 aliphatic carbocycles. The molecule has 7 heteroatoms. The summed E-state index contributed by atoms with van der Waals surface area (Å²) in [7, 11) is 0. The molecule has 0 atom stereocenters. The molecule has 1 amide bonds. The molecule has 3 rings (SSSR count). The maximum Gasteiger partial charge on any atom is 0.257 e. The largest absolute Gasteiger partial charge is 0.322 e. The van der Waals surface area contributed by atoms with Gasteiger partial charge in [0.05, 0.1) is 11.4 Å². The van der Waals surface area contributed by atoms with E-state index in [9.17, 15) is 4.79 Å². The number of amides is 1. The van der Waals surface area contributed by atoms with E-state index < -0.39 is 0 Å². The number of halogens is 3. The van der Waals surface area contributed by atoms with Gasteiger partial charge in [0, 0.05) is 23.6 Å². The number of hydrogen-bond donors (Lipinski definition) is 1. The Morgan fingerprint density at radius 1 is 1.00 bits per heavy atom. The van der Waals surface area contributed by atoms with Crippen LogP contribution >= 0.6 is 34.8 Å². The molecule has 1 aromatic carbocycles. The first-order chi connectivity index (χ1) is 13.7. The smallest absolute Gasteiger partial charge is 0.257 e. The highest BCUT2D eigenvalue weighted by Crippen LogP contribution is 2.23. The number of nitrogens with zero attached hydrogens (tertiary/aromatic N) is 2. The van der Waals surface area contributed by atoms with Crippen molar-refractivity contribution >= 4 is 46.4 Å². The minimum Gasteiger partial charge on any atom is -0.322 e. The minimum atomic E-state index is -0.197. The van der Waals surface area contributed by atoms with Gasteiger partial charge in [0.1, 0.15) is 10.3 Å². The van der Waals surface area contributed by atoms with Crippen LogP contribution in [0.3, 0.4) is 0 Å². The number of carbonyl (C=O) groups excluding carboxylic acids is 1. The molecule has 0 saturated heterocycles. The number of rotatable bonds is 3. The van der Waals surface area contributed by atoms with Gasteiger partial charge in [-0.25, -0.2) is 9.97 Å². The molecule has 0 aliphatic rings. The van der Waals surface area contributed by atoms with Crippen molar-refractivity contribution in [1.29, 1.82) is 0 Å². The van der Waals surface area contributed by atoms with Crippen LogP contribution in [-0.4, -0.2) is 15.9 Å². The minimum absolute atomic E-state index is 0.0998. The standard InChI is InChI=1S/C16H17ClN2O.C6H5Cl2N/c1-16(2,3)12-5-7-13(8-6-12)19-15(20)11-4-9-14(17)18-10-11;7-4-5-2-1-3-9-6(5)8/h4-10H,1-3H3,(H,19,20);1-3H,4H2. The molecule has 2 heterocycles. The van der Waals surface area contributed by atoms with Gasteiger partial charge in [0.2, 0.25) is 0 Å². The Morgan fingerprint density at radius 3 is 2.17 bits per heavy atom. The predicted octanol–water partition coefficient (Wildman–Crippen LogP) is 6.76. The van der Waals surface area contributed by atoms with Gasteiger partial charge in [-0.1, -0.05) is 62.2 Å². The molecule has 152 valence electrons. The Morgan fingerprint density at radius 2 is 1.69 bits per heavy atom. The van der Waals surface area contributed by atoms with E-state index in [0.29, 0.717) is 21.7 Å². The van der Waals surface area contributed by atoms with Gasteiger partial charge in [-0.2, -0.15) is 0 Å². The zero-order valence-electron chi connectivity index (χ0n) is 16.4. The second-order valence-corrected chi connectivity index (χ2v) is 8.25. The number of alkyl halides is 1. The number of nitrogens with one attached hydrogen (secondary N) is 1. The lowest BCUT2D eigenvalue weighted by Crippen LogP contribution is -2.13. The normalized spacial score (nSPS) is 10.7. The van der Waals surface area contributed by atoms with Gasteiger partial charge in [-0.15, -0.1) is 11.6 Å². The lowest BCUT2D eigenvalue weighted by atomic mass is 9.87. The fourth-order valence-electron chi connectivity index (χ4n) is 2.29. The van der Waals surface area contributed by atoms with Gasteiger partial charge >= 0.3 is 0 Å². The number of aromatic nitrogens is 2. The number of hydrogen-bond acceptors (Lipinski definition) is 3. The van der Waals surface area contributed by atoms with E-state index in [1.54, 1.807) is 18.3 Å². The summed E-state index contributed by atoms with van der Waals surface area (Å²) >= 11 is 16.8. The van der Waals surface area contributed by atoms with E-state index in [2.05, 4.69) is 36.1 Å². The fourth-order valence-corrected chi connectivity index (χ4v) is 2.87. The second kappa shape index (κ2) is 10.6. The number of benzene rings is 1. The van der Waals surface area contributed by atoms with E-state index in [1.165, 1.54) is 11.8 Å². The molecule has 0 spiro atoms. The summed E-state index contributed by atoms with van der Waals surface area (Å²) in [6.45, 7) is 6.46. The number of carbonyl (C=O) groups is 1. The van der Waals surface area contributed by atoms with Crippen LogP contribution in [0.1, 0.15) is 42.3 Å². The van der Waals surface area contributed by atoms with Crippen LogP contribution in [0.4, 0.5) is 5.69 Å². The molecule has 29 heavy (non-hydrogen) atoms. The Bertz CT molecular complexity index is 937. The van der Waals surface area contributed by atoms with E-state index in [0.717, 1.165) is 11.3 Å². The molecule has 0 aliphatic heterocycles. The SMILES string of the molecule is CC(C)(C)c1ccc(NC(=O)c2ccc(Cl)nc2)cc1.ClCc1cccnc1Cl. The van der Waals surface area contributed by atoms with Crippen molar-refractivity contribution in [1.82, 2.24) is 9.97 Å². The molecular weight excluding hydrogens is 429 g/mol. The summed E-state index contributed by atoms with van der Waals surface area (Å²) < 4.78 is 0. The van der Waals surface area contributed by atoms with Crippen molar-refractivity contribution < 1.29 is 4.79 Å². The van der Waals surface area contributed by atoms with Crippen molar-refractivity contribution in [3.63, 3.8) is 0 Å². The van der Waals surface area contributed by atoms with Crippen molar-refractivity contribution in [2.75, 3.05) is 5.32 Å². The predicted molar refractivity (Wildman–Crippen MR) is 121 cm³/mol. The van der Waals surface area contributed by atoms with Crippen LogP contribution in [-0.2, 0) is 11.3 Å². The van der Waals surface area contributed by atoms with Crippen LogP contribution in [0.25, 0.3) is 0 Å². The molecule has 0 fully saturated rings. The van der Waals surface area contributed by atoms with Crippen molar-refractivity contribution in [2.45, 2.75) is 32.1 Å². The molecule has 0 unspecified atom stereocenters. The molecule has 0 bridgehead atoms. The molecular formula is C22H22Cl3N3O. The van der Waals surface area contributed by atoms with Crippen LogP contribution in [0, 0.1) is 0 Å². The van der Waals surface area contributed by atoms with Crippen LogP contribution < -0.4 is 5.32 Å². The third-order valence-electron chi connectivity index (χ3n) is 3.98. The summed E-state index contributed by atoms with van der Waals surface area (Å²) in [5.41, 5.74) is 3.44. The average Bonchev–Trinajstić information content (AvgIpc) is 2.69. The van der Waals surface area contributed by atoms with Gasteiger partial charge in [0.25, 0.3) is 5.91 Å². The molecule has 1 N–H and O–H groups in total. The summed E-state index contributed by atoms with van der Waals surface area (Å²) in [4.78, 5) is 19.7. The quantitative estimate of drug-likeness (QED) is 0.354. The van der Waals surface area contributed by atoms with Gasteiger partial charge in [0.15, 0.2) is 0 Å². The Kier molecular flexibility index (Phi) is 8.45. The van der Waals surface area contributed by atoms with Gasteiger partial charge in [-0.05, 0) is 41.3 Å². The second-order valence-electron chi connectivity index (χ2n) is 7.24. The van der Waals surface area contributed by atoms with E-state index in [-0.39, 0.29) is 11.3 Å². The molecule has 4 nitrogen and oxygen atoms in total. The summed E-state index contributed by atoms with van der Waals surface area (Å²) in [5, 5.41) is 3.70. The lowest BCUT2D eigenvalue weighted by Gasteiger charge is -2.19.